The van der Waals surface area contributed by atoms with Crippen LogP contribution in [0.5, 0.6) is 0 Å². The van der Waals surface area contributed by atoms with Crippen LogP contribution in [0.25, 0.3) is 0 Å². The highest BCUT2D eigenvalue weighted by Crippen LogP contribution is 2.22. The molecule has 0 radical (unpaired) electrons. The Hall–Kier alpha value is -2.88. The maximum atomic E-state index is 12.3. The minimum absolute atomic E-state index is 0.187. The number of hydrogen-bond acceptors (Lipinski definition) is 3. The Morgan fingerprint density at radius 1 is 1.05 bits per heavy atom. The molecule has 0 fully saturated rings. The zero-order valence-corrected chi connectivity index (χ0v) is 11.3. The van der Waals surface area contributed by atoms with Gasteiger partial charge in [-0.05, 0) is 29.8 Å². The fraction of sp³-hybridized carbons (Fsp3) is 0.0588. The van der Waals surface area contributed by atoms with Crippen LogP contribution in [-0.2, 0) is 0 Å². The lowest BCUT2D eigenvalue weighted by Crippen LogP contribution is -2.29. The molecule has 0 bridgehead atoms. The van der Waals surface area contributed by atoms with E-state index in [4.69, 9.17) is 4.42 Å². The molecule has 0 aliphatic carbocycles. The highest BCUT2D eigenvalue weighted by molar-refractivity contribution is 5.94. The molecule has 104 valence electrons. The van der Waals surface area contributed by atoms with Crippen molar-refractivity contribution in [1.82, 2.24) is 10.3 Å². The third-order valence-corrected chi connectivity index (χ3v) is 3.16. The summed E-state index contributed by atoms with van der Waals surface area (Å²) in [5, 5.41) is 2.98. The molecule has 1 unspecified atom stereocenters. The van der Waals surface area contributed by atoms with E-state index >= 15 is 0 Å². The van der Waals surface area contributed by atoms with Crippen LogP contribution in [-0.4, -0.2) is 10.9 Å². The number of benzene rings is 1. The molecule has 1 atom stereocenters. The number of rotatable bonds is 4. The van der Waals surface area contributed by atoms with Gasteiger partial charge in [0, 0.05) is 12.4 Å². The van der Waals surface area contributed by atoms with E-state index in [0.717, 1.165) is 5.56 Å². The van der Waals surface area contributed by atoms with Crippen molar-refractivity contribution in [2.24, 2.45) is 0 Å². The second kappa shape index (κ2) is 6.05. The second-order valence-electron chi connectivity index (χ2n) is 4.57. The summed E-state index contributed by atoms with van der Waals surface area (Å²) in [5.74, 6) is 0.506. The van der Waals surface area contributed by atoms with Crippen molar-refractivity contribution < 1.29 is 9.21 Å². The number of furan rings is 1. The van der Waals surface area contributed by atoms with Crippen LogP contribution in [0.3, 0.4) is 0 Å². The second-order valence-corrected chi connectivity index (χ2v) is 4.57. The Morgan fingerprint density at radius 3 is 2.57 bits per heavy atom. The molecular formula is C17H14N2O2. The van der Waals surface area contributed by atoms with Gasteiger partial charge in [-0.2, -0.15) is 0 Å². The summed E-state index contributed by atoms with van der Waals surface area (Å²) in [6, 6.07) is 16.5. The molecule has 4 heteroatoms. The van der Waals surface area contributed by atoms with Gasteiger partial charge < -0.3 is 9.73 Å². The van der Waals surface area contributed by atoms with Gasteiger partial charge in [0.1, 0.15) is 11.8 Å². The molecule has 4 nitrogen and oxygen atoms in total. The van der Waals surface area contributed by atoms with Crippen molar-refractivity contribution in [1.29, 1.82) is 0 Å². The summed E-state index contributed by atoms with van der Waals surface area (Å²) in [6.07, 6.45) is 4.78. The van der Waals surface area contributed by atoms with Crippen molar-refractivity contribution in [3.05, 3.63) is 90.1 Å². The first-order valence-electron chi connectivity index (χ1n) is 6.64. The Labute approximate surface area is 122 Å². The van der Waals surface area contributed by atoms with E-state index in [1.54, 1.807) is 30.8 Å². The maximum Gasteiger partial charge on any atom is 0.253 e. The lowest BCUT2D eigenvalue weighted by molar-refractivity contribution is 0.0938. The molecule has 3 aromatic rings. The minimum Gasteiger partial charge on any atom is -0.467 e. The van der Waals surface area contributed by atoms with Gasteiger partial charge in [-0.3, -0.25) is 9.78 Å². The van der Waals surface area contributed by atoms with Crippen LogP contribution in [0.4, 0.5) is 0 Å². The van der Waals surface area contributed by atoms with E-state index in [-0.39, 0.29) is 11.9 Å². The van der Waals surface area contributed by atoms with Crippen LogP contribution in [0.15, 0.2) is 77.7 Å². The number of carbonyl (C=O) groups excluding carboxylic acids is 1. The number of carbonyl (C=O) groups is 1. The largest absolute Gasteiger partial charge is 0.467 e. The highest BCUT2D eigenvalue weighted by Gasteiger charge is 2.19. The van der Waals surface area contributed by atoms with E-state index in [1.807, 2.05) is 42.5 Å². The molecule has 0 spiro atoms. The molecular weight excluding hydrogens is 264 g/mol. The Kier molecular flexibility index (Phi) is 3.78. The first-order chi connectivity index (χ1) is 10.3. The monoisotopic (exact) mass is 278 g/mol. The van der Waals surface area contributed by atoms with Gasteiger partial charge in [-0.15, -0.1) is 0 Å². The van der Waals surface area contributed by atoms with E-state index in [2.05, 4.69) is 10.3 Å². The van der Waals surface area contributed by atoms with Gasteiger partial charge in [-0.1, -0.05) is 30.3 Å². The molecule has 1 N–H and O–H groups in total. The number of nitrogens with zero attached hydrogens (tertiary/aromatic N) is 1. The molecule has 21 heavy (non-hydrogen) atoms. The number of nitrogens with one attached hydrogen (secondary N) is 1. The van der Waals surface area contributed by atoms with E-state index in [9.17, 15) is 4.79 Å². The molecule has 1 aromatic carbocycles. The van der Waals surface area contributed by atoms with E-state index < -0.39 is 0 Å². The van der Waals surface area contributed by atoms with Gasteiger partial charge in [0.25, 0.3) is 5.91 Å². The smallest absolute Gasteiger partial charge is 0.253 e. The number of hydrogen-bond donors (Lipinski definition) is 1. The summed E-state index contributed by atoms with van der Waals surface area (Å²) >= 11 is 0. The molecule has 2 aromatic heterocycles. The highest BCUT2D eigenvalue weighted by atomic mass is 16.3. The van der Waals surface area contributed by atoms with Crippen LogP contribution < -0.4 is 5.32 Å². The topological polar surface area (TPSA) is 55.1 Å². The summed E-state index contributed by atoms with van der Waals surface area (Å²) in [4.78, 5) is 16.3. The normalized spacial score (nSPS) is 11.8. The van der Waals surface area contributed by atoms with Crippen LogP contribution in [0.2, 0.25) is 0 Å². The first kappa shape index (κ1) is 13.1. The predicted molar refractivity (Wildman–Crippen MR) is 78.7 cm³/mol. The third-order valence-electron chi connectivity index (χ3n) is 3.16. The van der Waals surface area contributed by atoms with Crippen molar-refractivity contribution >= 4 is 5.91 Å². The summed E-state index contributed by atoms with van der Waals surface area (Å²) < 4.78 is 5.46. The lowest BCUT2D eigenvalue weighted by atomic mass is 10.0. The quantitative estimate of drug-likeness (QED) is 0.797. The van der Waals surface area contributed by atoms with E-state index in [0.29, 0.717) is 11.3 Å². The molecule has 1 amide bonds. The fourth-order valence-corrected chi connectivity index (χ4v) is 2.13. The average molecular weight is 278 g/mol. The molecule has 0 aliphatic heterocycles. The Balaban J connectivity index is 1.89. The number of aromatic nitrogens is 1. The Bertz CT molecular complexity index is 694. The molecule has 0 saturated heterocycles. The summed E-state index contributed by atoms with van der Waals surface area (Å²) in [7, 11) is 0. The molecule has 3 rings (SSSR count). The predicted octanol–water partition coefficient (Wildman–Crippen LogP) is 3.19. The maximum absolute atomic E-state index is 12.3. The number of pyridine rings is 1. The lowest BCUT2D eigenvalue weighted by Gasteiger charge is -2.17. The molecule has 2 heterocycles. The SMILES string of the molecule is O=C(NC(c1ccccc1)c1ccco1)c1cccnc1. The summed E-state index contributed by atoms with van der Waals surface area (Å²) in [5.41, 5.74) is 1.48. The van der Waals surface area contributed by atoms with Gasteiger partial charge in [0.05, 0.1) is 11.8 Å². The Morgan fingerprint density at radius 2 is 1.90 bits per heavy atom. The first-order valence-corrected chi connectivity index (χ1v) is 6.64. The zero-order chi connectivity index (χ0) is 14.5. The summed E-state index contributed by atoms with van der Waals surface area (Å²) in [6.45, 7) is 0. The van der Waals surface area contributed by atoms with Crippen molar-refractivity contribution in [2.45, 2.75) is 6.04 Å². The van der Waals surface area contributed by atoms with Gasteiger partial charge in [0.15, 0.2) is 0 Å². The molecule has 0 aliphatic rings. The van der Waals surface area contributed by atoms with Gasteiger partial charge in [-0.25, -0.2) is 0 Å². The van der Waals surface area contributed by atoms with Gasteiger partial charge >= 0.3 is 0 Å². The third kappa shape index (κ3) is 3.00. The van der Waals surface area contributed by atoms with Crippen LogP contribution >= 0.6 is 0 Å². The van der Waals surface area contributed by atoms with Gasteiger partial charge in [0.2, 0.25) is 0 Å². The minimum atomic E-state index is -0.325. The van der Waals surface area contributed by atoms with Crippen molar-refractivity contribution in [3.8, 4) is 0 Å². The zero-order valence-electron chi connectivity index (χ0n) is 11.3. The fourth-order valence-electron chi connectivity index (χ4n) is 2.13. The number of amides is 1. The standard InChI is InChI=1S/C17H14N2O2/c20-17(14-8-4-10-18-12-14)19-16(15-9-5-11-21-15)13-6-2-1-3-7-13/h1-12,16H,(H,19,20). The van der Waals surface area contributed by atoms with E-state index in [1.165, 1.54) is 0 Å². The van der Waals surface area contributed by atoms with Crippen LogP contribution in [0.1, 0.15) is 27.7 Å². The van der Waals surface area contributed by atoms with Crippen molar-refractivity contribution in [3.63, 3.8) is 0 Å². The van der Waals surface area contributed by atoms with Crippen LogP contribution in [0, 0.1) is 0 Å². The molecule has 0 saturated carbocycles. The average Bonchev–Trinajstić information content (AvgIpc) is 3.08. The van der Waals surface area contributed by atoms with Crippen molar-refractivity contribution in [2.75, 3.05) is 0 Å².